The van der Waals surface area contributed by atoms with Crippen molar-refractivity contribution >= 4 is 11.6 Å². The van der Waals surface area contributed by atoms with E-state index in [0.717, 1.165) is 18.7 Å². The molecule has 1 fully saturated rings. The Morgan fingerprint density at radius 2 is 1.54 bits per heavy atom. The first-order chi connectivity index (χ1) is 12.5. The van der Waals surface area contributed by atoms with Gasteiger partial charge < -0.3 is 19.3 Å². The van der Waals surface area contributed by atoms with Crippen molar-refractivity contribution < 1.29 is 14.3 Å². The van der Waals surface area contributed by atoms with Crippen molar-refractivity contribution in [2.75, 3.05) is 45.3 Å². The first-order valence-corrected chi connectivity index (χ1v) is 8.87. The van der Waals surface area contributed by atoms with Crippen LogP contribution < -0.4 is 14.4 Å². The molecule has 0 aromatic heterocycles. The second-order valence-corrected chi connectivity index (χ2v) is 6.62. The predicted molar refractivity (Wildman–Crippen MR) is 104 cm³/mol. The van der Waals surface area contributed by atoms with Crippen molar-refractivity contribution in [3.05, 3.63) is 53.1 Å². The first kappa shape index (κ1) is 18.1. The number of ether oxygens (including phenoxy) is 2. The van der Waals surface area contributed by atoms with Gasteiger partial charge in [-0.05, 0) is 43.7 Å². The van der Waals surface area contributed by atoms with E-state index in [1.165, 1.54) is 11.3 Å². The van der Waals surface area contributed by atoms with Gasteiger partial charge in [-0.25, -0.2) is 0 Å². The summed E-state index contributed by atoms with van der Waals surface area (Å²) >= 11 is 0. The Kier molecular flexibility index (Phi) is 5.35. The highest BCUT2D eigenvalue weighted by atomic mass is 16.5. The number of methoxy groups -OCH3 is 2. The van der Waals surface area contributed by atoms with E-state index < -0.39 is 0 Å². The number of benzene rings is 2. The Balaban J connectivity index is 1.72. The normalized spacial score (nSPS) is 14.3. The molecule has 0 bridgehead atoms. The fourth-order valence-corrected chi connectivity index (χ4v) is 3.38. The number of hydrogen-bond acceptors (Lipinski definition) is 4. The van der Waals surface area contributed by atoms with E-state index in [9.17, 15) is 4.79 Å². The number of anilines is 1. The third-order valence-electron chi connectivity index (χ3n) is 4.93. The van der Waals surface area contributed by atoms with E-state index >= 15 is 0 Å². The third kappa shape index (κ3) is 3.62. The van der Waals surface area contributed by atoms with Gasteiger partial charge in [-0.2, -0.15) is 0 Å². The van der Waals surface area contributed by atoms with Gasteiger partial charge in [-0.3, -0.25) is 4.79 Å². The molecule has 2 aromatic carbocycles. The van der Waals surface area contributed by atoms with Gasteiger partial charge in [-0.1, -0.05) is 12.1 Å². The van der Waals surface area contributed by atoms with E-state index in [4.69, 9.17) is 9.47 Å². The topological polar surface area (TPSA) is 42.0 Å². The van der Waals surface area contributed by atoms with E-state index in [0.29, 0.717) is 30.2 Å². The maximum absolute atomic E-state index is 12.9. The third-order valence-corrected chi connectivity index (χ3v) is 4.93. The van der Waals surface area contributed by atoms with Crippen molar-refractivity contribution in [2.45, 2.75) is 13.8 Å². The highest BCUT2D eigenvalue weighted by molar-refractivity contribution is 5.95. The van der Waals surface area contributed by atoms with Gasteiger partial charge in [0.15, 0.2) is 0 Å². The average molecular weight is 354 g/mol. The number of aryl methyl sites for hydroxylation is 1. The Hall–Kier alpha value is -2.69. The average Bonchev–Trinajstić information content (AvgIpc) is 2.67. The molecular formula is C21H26N2O3. The molecule has 5 nitrogen and oxygen atoms in total. The summed E-state index contributed by atoms with van der Waals surface area (Å²) in [5.74, 6) is 1.36. The zero-order valence-corrected chi connectivity index (χ0v) is 15.9. The molecule has 0 N–H and O–H groups in total. The molecule has 0 radical (unpaired) electrons. The minimum absolute atomic E-state index is 0.0190. The highest BCUT2D eigenvalue weighted by Gasteiger charge is 2.24. The van der Waals surface area contributed by atoms with Gasteiger partial charge >= 0.3 is 0 Å². The summed E-state index contributed by atoms with van der Waals surface area (Å²) in [6.45, 7) is 7.08. The van der Waals surface area contributed by atoms with Crippen molar-refractivity contribution in [3.8, 4) is 11.5 Å². The van der Waals surface area contributed by atoms with Crippen LogP contribution in [0.3, 0.4) is 0 Å². The second kappa shape index (κ2) is 7.68. The van der Waals surface area contributed by atoms with Crippen LogP contribution in [0.1, 0.15) is 21.5 Å². The van der Waals surface area contributed by atoms with Crippen molar-refractivity contribution in [1.29, 1.82) is 0 Å². The molecular weight excluding hydrogens is 328 g/mol. The molecule has 0 unspecified atom stereocenters. The van der Waals surface area contributed by atoms with E-state index in [1.54, 1.807) is 26.4 Å². The minimum atomic E-state index is 0.0190. The molecule has 138 valence electrons. The molecule has 1 aliphatic rings. The molecule has 1 heterocycles. The molecule has 0 aliphatic carbocycles. The summed E-state index contributed by atoms with van der Waals surface area (Å²) in [5.41, 5.74) is 3.97. The van der Waals surface area contributed by atoms with Crippen LogP contribution in [0.25, 0.3) is 0 Å². The second-order valence-electron chi connectivity index (χ2n) is 6.62. The summed E-state index contributed by atoms with van der Waals surface area (Å²) in [7, 11) is 3.22. The largest absolute Gasteiger partial charge is 0.496 e. The van der Waals surface area contributed by atoms with Crippen LogP contribution in [-0.2, 0) is 0 Å². The van der Waals surface area contributed by atoms with Crippen LogP contribution in [0.15, 0.2) is 36.4 Å². The number of piperazine rings is 1. The van der Waals surface area contributed by atoms with Crippen molar-refractivity contribution in [2.24, 2.45) is 0 Å². The minimum Gasteiger partial charge on any atom is -0.496 e. The fraction of sp³-hybridized carbons (Fsp3) is 0.381. The monoisotopic (exact) mass is 354 g/mol. The number of carbonyl (C=O) groups is 1. The van der Waals surface area contributed by atoms with Crippen LogP contribution >= 0.6 is 0 Å². The predicted octanol–water partition coefficient (Wildman–Crippen LogP) is 3.28. The van der Waals surface area contributed by atoms with Gasteiger partial charge in [-0.15, -0.1) is 0 Å². The lowest BCUT2D eigenvalue weighted by atomic mass is 10.1. The van der Waals surface area contributed by atoms with Crippen LogP contribution in [0.5, 0.6) is 11.5 Å². The molecule has 1 amide bonds. The lowest BCUT2D eigenvalue weighted by Crippen LogP contribution is -2.48. The number of hydrogen-bond donors (Lipinski definition) is 0. The lowest BCUT2D eigenvalue weighted by Gasteiger charge is -2.36. The van der Waals surface area contributed by atoms with Gasteiger partial charge in [0.25, 0.3) is 5.91 Å². The first-order valence-electron chi connectivity index (χ1n) is 8.87. The van der Waals surface area contributed by atoms with Crippen LogP contribution in [0.2, 0.25) is 0 Å². The van der Waals surface area contributed by atoms with E-state index in [2.05, 4.69) is 36.1 Å². The van der Waals surface area contributed by atoms with Gasteiger partial charge in [0.2, 0.25) is 0 Å². The Morgan fingerprint density at radius 1 is 0.923 bits per heavy atom. The molecule has 1 aliphatic heterocycles. The summed E-state index contributed by atoms with van der Waals surface area (Å²) in [6.07, 6.45) is 0. The summed E-state index contributed by atoms with van der Waals surface area (Å²) in [6, 6.07) is 12.1. The zero-order valence-electron chi connectivity index (χ0n) is 15.9. The Bertz CT molecular complexity index is 771. The van der Waals surface area contributed by atoms with Crippen LogP contribution in [0, 0.1) is 13.8 Å². The summed E-state index contributed by atoms with van der Waals surface area (Å²) < 4.78 is 10.8. The molecule has 3 rings (SSSR count). The van der Waals surface area contributed by atoms with E-state index in [-0.39, 0.29) is 5.91 Å². The van der Waals surface area contributed by atoms with Gasteiger partial charge in [0.05, 0.1) is 14.2 Å². The highest BCUT2D eigenvalue weighted by Crippen LogP contribution is 2.30. The lowest BCUT2D eigenvalue weighted by molar-refractivity contribution is 0.0746. The Morgan fingerprint density at radius 3 is 2.08 bits per heavy atom. The standard InChI is InChI=1S/C21H26N2O3/c1-15-6-5-7-18(12-15)22-8-10-23(11-9-22)21(24)17-13-19(25-3)16(2)20(14-17)26-4/h5-7,12-14H,8-11H2,1-4H3. The molecule has 0 atom stereocenters. The molecule has 26 heavy (non-hydrogen) atoms. The maximum atomic E-state index is 12.9. The molecule has 0 saturated carbocycles. The molecule has 0 spiro atoms. The van der Waals surface area contributed by atoms with Crippen molar-refractivity contribution in [1.82, 2.24) is 4.90 Å². The number of rotatable bonds is 4. The smallest absolute Gasteiger partial charge is 0.254 e. The maximum Gasteiger partial charge on any atom is 0.254 e. The molecule has 5 heteroatoms. The van der Waals surface area contributed by atoms with Gasteiger partial charge in [0.1, 0.15) is 11.5 Å². The number of amides is 1. The zero-order chi connectivity index (χ0) is 18.7. The van der Waals surface area contributed by atoms with Crippen molar-refractivity contribution in [3.63, 3.8) is 0 Å². The number of nitrogens with zero attached hydrogens (tertiary/aromatic N) is 2. The Labute approximate surface area is 155 Å². The quantitative estimate of drug-likeness (QED) is 0.845. The van der Waals surface area contributed by atoms with Gasteiger partial charge in [0, 0.05) is 43.0 Å². The molecule has 1 saturated heterocycles. The summed E-state index contributed by atoms with van der Waals surface area (Å²) in [5, 5.41) is 0. The number of carbonyl (C=O) groups excluding carboxylic acids is 1. The SMILES string of the molecule is COc1cc(C(=O)N2CCN(c3cccc(C)c3)CC2)cc(OC)c1C. The van der Waals surface area contributed by atoms with Crippen LogP contribution in [-0.4, -0.2) is 51.2 Å². The molecule has 2 aromatic rings. The summed E-state index contributed by atoms with van der Waals surface area (Å²) in [4.78, 5) is 17.2. The van der Waals surface area contributed by atoms with E-state index in [1.807, 2.05) is 11.8 Å². The van der Waals surface area contributed by atoms with Crippen LogP contribution in [0.4, 0.5) is 5.69 Å². The fourth-order valence-electron chi connectivity index (χ4n) is 3.38.